The molecule has 0 saturated carbocycles. The maximum atomic E-state index is 10.2. The van der Waals surface area contributed by atoms with E-state index in [0.29, 0.717) is 11.7 Å². The van der Waals surface area contributed by atoms with Crippen molar-refractivity contribution in [2.75, 3.05) is 0 Å². The number of benzene rings is 1. The van der Waals surface area contributed by atoms with Gasteiger partial charge in [0.05, 0.1) is 0 Å². The van der Waals surface area contributed by atoms with Gasteiger partial charge in [-0.05, 0) is 17.5 Å². The predicted molar refractivity (Wildman–Crippen MR) is 48.8 cm³/mol. The van der Waals surface area contributed by atoms with E-state index in [-0.39, 0.29) is 8.69 Å². The second-order valence-corrected chi connectivity index (χ2v) is 3.19. The Labute approximate surface area is 73.8 Å². The van der Waals surface area contributed by atoms with Crippen LogP contribution in [0.2, 0.25) is 0 Å². The zero-order valence-electron chi connectivity index (χ0n) is 7.15. The van der Waals surface area contributed by atoms with Crippen LogP contribution < -0.4 is 4.52 Å². The monoisotopic (exact) mass is 182 g/mol. The van der Waals surface area contributed by atoms with Gasteiger partial charge in [0, 0.05) is 0 Å². The molecule has 64 valence electrons. The second kappa shape index (κ2) is 4.22. The van der Waals surface area contributed by atoms with Gasteiger partial charge in [-0.2, -0.15) is 0 Å². The van der Waals surface area contributed by atoms with Crippen LogP contribution in [0.5, 0.6) is 5.75 Å². The molecule has 0 saturated heterocycles. The molecule has 12 heavy (non-hydrogen) atoms. The fourth-order valence-corrected chi connectivity index (χ4v) is 1.33. The highest BCUT2D eigenvalue weighted by atomic mass is 31.1. The highest BCUT2D eigenvalue weighted by Gasteiger charge is 2.05. The quantitative estimate of drug-likeness (QED) is 0.669. The lowest BCUT2D eigenvalue weighted by Gasteiger charge is -2.08. The lowest BCUT2D eigenvalue weighted by Crippen LogP contribution is -1.89. The van der Waals surface area contributed by atoms with Crippen molar-refractivity contribution in [3.8, 4) is 5.75 Å². The van der Waals surface area contributed by atoms with E-state index in [4.69, 9.17) is 4.52 Å². The molecule has 0 unspecified atom stereocenters. The molecule has 0 spiro atoms. The van der Waals surface area contributed by atoms with Gasteiger partial charge in [0.1, 0.15) is 5.75 Å². The summed E-state index contributed by atoms with van der Waals surface area (Å²) in [6, 6.07) is 7.61. The fourth-order valence-electron chi connectivity index (χ4n) is 1.08. The molecular weight excluding hydrogens is 171 g/mol. The van der Waals surface area contributed by atoms with Crippen LogP contribution >= 0.6 is 8.69 Å². The van der Waals surface area contributed by atoms with Crippen molar-refractivity contribution < 1.29 is 9.09 Å². The molecule has 0 fully saturated rings. The molecule has 2 nitrogen and oxygen atoms in total. The molecule has 0 aliphatic carbocycles. The maximum absolute atomic E-state index is 10.2. The molecule has 0 bridgehead atoms. The lowest BCUT2D eigenvalue weighted by molar-refractivity contribution is 0.520. The molecule has 1 aromatic rings. The van der Waals surface area contributed by atoms with Crippen LogP contribution in [0.4, 0.5) is 0 Å². The molecule has 0 amide bonds. The van der Waals surface area contributed by atoms with Gasteiger partial charge in [0.2, 0.25) is 0 Å². The van der Waals surface area contributed by atoms with E-state index in [1.807, 2.05) is 24.3 Å². The molecule has 0 atom stereocenters. The third kappa shape index (κ3) is 2.05. The SMILES string of the molecule is CC(C)c1ccccc1OP=O. The summed E-state index contributed by atoms with van der Waals surface area (Å²) in [5, 5.41) is 0. The van der Waals surface area contributed by atoms with Gasteiger partial charge in [-0.25, -0.2) is 4.57 Å². The second-order valence-electron chi connectivity index (χ2n) is 2.86. The van der Waals surface area contributed by atoms with Gasteiger partial charge < -0.3 is 4.52 Å². The predicted octanol–water partition coefficient (Wildman–Crippen LogP) is 3.40. The van der Waals surface area contributed by atoms with E-state index in [1.165, 1.54) is 0 Å². The summed E-state index contributed by atoms with van der Waals surface area (Å²) in [7, 11) is -0.295. The Morgan fingerprint density at radius 2 is 2.00 bits per heavy atom. The van der Waals surface area contributed by atoms with Gasteiger partial charge in [0.15, 0.2) is 0 Å². The van der Waals surface area contributed by atoms with Crippen LogP contribution in [0.1, 0.15) is 25.3 Å². The average molecular weight is 182 g/mol. The van der Waals surface area contributed by atoms with Crippen molar-refractivity contribution >= 4 is 8.69 Å². The topological polar surface area (TPSA) is 26.3 Å². The summed E-state index contributed by atoms with van der Waals surface area (Å²) in [4.78, 5) is 0. The Morgan fingerprint density at radius 1 is 1.33 bits per heavy atom. The maximum Gasteiger partial charge on any atom is 0.395 e. The summed E-state index contributed by atoms with van der Waals surface area (Å²) < 4.78 is 15.1. The normalized spacial score (nSPS) is 10.6. The number of rotatable bonds is 3. The molecule has 3 heteroatoms. The minimum absolute atomic E-state index is 0.295. The molecule has 0 aliphatic rings. The van der Waals surface area contributed by atoms with Crippen molar-refractivity contribution in [2.45, 2.75) is 19.8 Å². The van der Waals surface area contributed by atoms with Gasteiger partial charge in [0.25, 0.3) is 0 Å². The minimum Gasteiger partial charge on any atom is -0.407 e. The van der Waals surface area contributed by atoms with Crippen LogP contribution in [-0.4, -0.2) is 0 Å². The van der Waals surface area contributed by atoms with Gasteiger partial charge in [-0.15, -0.1) is 0 Å². The van der Waals surface area contributed by atoms with E-state index in [0.717, 1.165) is 5.56 Å². The summed E-state index contributed by atoms with van der Waals surface area (Å²) in [6.07, 6.45) is 0. The van der Waals surface area contributed by atoms with E-state index < -0.39 is 0 Å². The first kappa shape index (κ1) is 9.21. The van der Waals surface area contributed by atoms with Crippen LogP contribution in [0.3, 0.4) is 0 Å². The molecule has 0 aliphatic heterocycles. The molecule has 0 radical (unpaired) electrons. The fraction of sp³-hybridized carbons (Fsp3) is 0.333. The van der Waals surface area contributed by atoms with Crippen LogP contribution in [0.25, 0.3) is 0 Å². The van der Waals surface area contributed by atoms with Crippen molar-refractivity contribution in [3.63, 3.8) is 0 Å². The molecule has 0 aromatic heterocycles. The number of hydrogen-bond donors (Lipinski definition) is 0. The molecular formula is C9H11O2P. The van der Waals surface area contributed by atoms with Crippen molar-refractivity contribution in [3.05, 3.63) is 29.8 Å². The summed E-state index contributed by atoms with van der Waals surface area (Å²) >= 11 is 0. The standard InChI is InChI=1S/C9H11O2P/c1-7(2)8-5-3-4-6-9(8)11-12-10/h3-7H,1-2H3. The molecule has 1 rings (SSSR count). The van der Waals surface area contributed by atoms with Gasteiger partial charge in [-0.3, -0.25) is 0 Å². The van der Waals surface area contributed by atoms with Gasteiger partial charge >= 0.3 is 8.69 Å². The van der Waals surface area contributed by atoms with Crippen LogP contribution in [-0.2, 0) is 4.57 Å². The van der Waals surface area contributed by atoms with Crippen molar-refractivity contribution in [2.24, 2.45) is 0 Å². The third-order valence-corrected chi connectivity index (χ3v) is 1.95. The van der Waals surface area contributed by atoms with E-state index in [1.54, 1.807) is 0 Å². The van der Waals surface area contributed by atoms with E-state index >= 15 is 0 Å². The number of hydrogen-bond acceptors (Lipinski definition) is 2. The molecule has 0 N–H and O–H groups in total. The number of para-hydroxylation sites is 1. The summed E-state index contributed by atoms with van der Waals surface area (Å²) in [6.45, 7) is 4.15. The summed E-state index contributed by atoms with van der Waals surface area (Å²) in [5.41, 5.74) is 1.08. The minimum atomic E-state index is -0.295. The Morgan fingerprint density at radius 3 is 2.58 bits per heavy atom. The highest BCUT2D eigenvalue weighted by molar-refractivity contribution is 7.17. The average Bonchev–Trinajstić information content (AvgIpc) is 2.05. The van der Waals surface area contributed by atoms with Gasteiger partial charge in [-0.1, -0.05) is 32.0 Å². The smallest absolute Gasteiger partial charge is 0.395 e. The van der Waals surface area contributed by atoms with Crippen molar-refractivity contribution in [1.29, 1.82) is 0 Å². The summed E-state index contributed by atoms with van der Waals surface area (Å²) in [5.74, 6) is 1.09. The Bertz CT molecular complexity index is 271. The van der Waals surface area contributed by atoms with Crippen molar-refractivity contribution in [1.82, 2.24) is 0 Å². The third-order valence-electron chi connectivity index (χ3n) is 1.68. The first-order valence-corrected chi connectivity index (χ1v) is 4.57. The first-order valence-electron chi connectivity index (χ1n) is 3.84. The molecule has 1 aromatic carbocycles. The lowest BCUT2D eigenvalue weighted by atomic mass is 10.0. The molecule has 0 heterocycles. The largest absolute Gasteiger partial charge is 0.407 e. The Kier molecular flexibility index (Phi) is 3.24. The van der Waals surface area contributed by atoms with E-state index in [9.17, 15) is 4.57 Å². The van der Waals surface area contributed by atoms with E-state index in [2.05, 4.69) is 13.8 Å². The highest BCUT2D eigenvalue weighted by Crippen LogP contribution is 2.27. The zero-order valence-corrected chi connectivity index (χ0v) is 8.04. The Hall–Kier alpha value is -0.880. The zero-order chi connectivity index (χ0) is 8.97. The van der Waals surface area contributed by atoms with Crippen LogP contribution in [0.15, 0.2) is 24.3 Å². The first-order chi connectivity index (χ1) is 5.75. The van der Waals surface area contributed by atoms with Crippen LogP contribution in [0, 0.1) is 0 Å². The Balaban J connectivity index is 2.99.